The Morgan fingerprint density at radius 2 is 1.74 bits per heavy atom. The van der Waals surface area contributed by atoms with Crippen molar-refractivity contribution < 1.29 is 28.2 Å². The largest absolute Gasteiger partial charge is 0.375 e. The van der Waals surface area contributed by atoms with Crippen molar-refractivity contribution in [1.29, 1.82) is 0 Å². The molecule has 1 aromatic carbocycles. The summed E-state index contributed by atoms with van der Waals surface area (Å²) in [4.78, 5) is 9.74. The van der Waals surface area contributed by atoms with Crippen LogP contribution in [0.3, 0.4) is 0 Å². The summed E-state index contributed by atoms with van der Waals surface area (Å²) in [7, 11) is 3.54. The van der Waals surface area contributed by atoms with Gasteiger partial charge in [0.1, 0.15) is 26.2 Å². The van der Waals surface area contributed by atoms with Crippen LogP contribution in [-0.2, 0) is 23.3 Å². The van der Waals surface area contributed by atoms with E-state index in [2.05, 4.69) is 4.52 Å². The second kappa shape index (κ2) is 9.37. The summed E-state index contributed by atoms with van der Waals surface area (Å²) in [5, 5.41) is 0.191. The van der Waals surface area contributed by atoms with Gasteiger partial charge in [0, 0.05) is 28.4 Å². The number of ether oxygens (including phenoxy) is 3. The van der Waals surface area contributed by atoms with Crippen molar-refractivity contribution in [2.75, 3.05) is 28.4 Å². The average molecular weight is 342 g/mol. The van der Waals surface area contributed by atoms with Gasteiger partial charge in [-0.05, 0) is 10.8 Å². The first-order valence-electron chi connectivity index (χ1n) is 7.12. The third-order valence-electron chi connectivity index (χ3n) is 3.65. The van der Waals surface area contributed by atoms with E-state index in [-0.39, 0.29) is 5.21 Å². The highest BCUT2D eigenvalue weighted by atomic mass is 31.2. The molecule has 1 rings (SSSR count). The fourth-order valence-corrected chi connectivity index (χ4v) is 2.93. The SMILES string of the molecule is B/C(=C\[C@@H](OC)[C@@H](OC)[C@@H](OC)c1ccccc1)P(=O)(O)OC. The lowest BCUT2D eigenvalue weighted by molar-refractivity contribution is -0.0935. The predicted octanol–water partition coefficient (Wildman–Crippen LogP) is 1.71. The van der Waals surface area contributed by atoms with Gasteiger partial charge in [-0.1, -0.05) is 36.4 Å². The van der Waals surface area contributed by atoms with Crippen molar-refractivity contribution >= 4 is 15.4 Å². The van der Waals surface area contributed by atoms with Gasteiger partial charge in [-0.3, -0.25) is 4.57 Å². The van der Waals surface area contributed by atoms with E-state index in [1.807, 2.05) is 30.3 Å². The smallest absolute Gasteiger partial charge is 0.344 e. The molecule has 1 aromatic rings. The van der Waals surface area contributed by atoms with Crippen LogP contribution in [0.5, 0.6) is 0 Å². The summed E-state index contributed by atoms with van der Waals surface area (Å²) in [5.74, 6) is 0. The van der Waals surface area contributed by atoms with E-state index < -0.39 is 25.9 Å². The van der Waals surface area contributed by atoms with Gasteiger partial charge >= 0.3 is 7.60 Å². The predicted molar refractivity (Wildman–Crippen MR) is 91.2 cm³/mol. The Kier molecular flexibility index (Phi) is 8.19. The van der Waals surface area contributed by atoms with Crippen LogP contribution < -0.4 is 0 Å². The van der Waals surface area contributed by atoms with E-state index in [0.29, 0.717) is 0 Å². The first kappa shape index (κ1) is 20.1. The van der Waals surface area contributed by atoms with Crippen LogP contribution >= 0.6 is 7.60 Å². The molecular formula is C15H24BO6P. The maximum atomic E-state index is 11.9. The van der Waals surface area contributed by atoms with E-state index in [0.717, 1.165) is 5.56 Å². The Morgan fingerprint density at radius 1 is 1.13 bits per heavy atom. The lowest BCUT2D eigenvalue weighted by Crippen LogP contribution is -2.35. The fourth-order valence-electron chi connectivity index (χ4n) is 2.31. The molecule has 23 heavy (non-hydrogen) atoms. The summed E-state index contributed by atoms with van der Waals surface area (Å²) in [5.41, 5.74) is 0.925. The molecule has 0 aliphatic carbocycles. The van der Waals surface area contributed by atoms with Crippen molar-refractivity contribution in [3.8, 4) is 0 Å². The van der Waals surface area contributed by atoms with Crippen molar-refractivity contribution in [3.05, 3.63) is 47.2 Å². The maximum Gasteiger partial charge on any atom is 0.344 e. The van der Waals surface area contributed by atoms with Gasteiger partial charge in [-0.2, -0.15) is 0 Å². The summed E-state index contributed by atoms with van der Waals surface area (Å²) >= 11 is 0. The van der Waals surface area contributed by atoms with Crippen LogP contribution in [0.15, 0.2) is 41.6 Å². The molecule has 0 aromatic heterocycles. The molecule has 0 saturated heterocycles. The molecule has 0 spiro atoms. The zero-order chi connectivity index (χ0) is 17.5. The quantitative estimate of drug-likeness (QED) is 0.544. The van der Waals surface area contributed by atoms with Crippen LogP contribution in [0.25, 0.3) is 0 Å². The Morgan fingerprint density at radius 3 is 2.17 bits per heavy atom. The fraction of sp³-hybridized carbons (Fsp3) is 0.467. The summed E-state index contributed by atoms with van der Waals surface area (Å²) in [6.45, 7) is 0. The van der Waals surface area contributed by atoms with Gasteiger partial charge in [-0.25, -0.2) is 0 Å². The normalized spacial score (nSPS) is 18.9. The Bertz CT molecular complexity index is 550. The maximum absolute atomic E-state index is 11.9. The lowest BCUT2D eigenvalue weighted by Gasteiger charge is -2.30. The highest BCUT2D eigenvalue weighted by Crippen LogP contribution is 2.48. The van der Waals surface area contributed by atoms with Crippen molar-refractivity contribution in [2.45, 2.75) is 18.3 Å². The molecule has 0 fully saturated rings. The minimum atomic E-state index is -3.81. The molecule has 0 heterocycles. The topological polar surface area (TPSA) is 74.2 Å². The van der Waals surface area contributed by atoms with Crippen molar-refractivity contribution in [3.63, 3.8) is 0 Å². The summed E-state index contributed by atoms with van der Waals surface area (Å²) in [6, 6.07) is 9.58. The van der Waals surface area contributed by atoms with E-state index in [1.165, 1.54) is 28.1 Å². The first-order chi connectivity index (χ1) is 10.9. The third kappa shape index (κ3) is 5.28. The van der Waals surface area contributed by atoms with Crippen LogP contribution in [0.4, 0.5) is 0 Å². The molecule has 8 heteroatoms. The highest BCUT2D eigenvalue weighted by molar-refractivity contribution is 7.59. The lowest BCUT2D eigenvalue weighted by atomic mass is 9.97. The molecule has 4 atom stereocenters. The number of hydrogen-bond donors (Lipinski definition) is 1. The number of benzene rings is 1. The molecule has 0 radical (unpaired) electrons. The molecule has 6 nitrogen and oxygen atoms in total. The summed E-state index contributed by atoms with van der Waals surface area (Å²) in [6.07, 6.45) is 0.0590. The molecule has 0 bridgehead atoms. The number of rotatable bonds is 9. The average Bonchev–Trinajstić information content (AvgIpc) is 2.58. The van der Waals surface area contributed by atoms with Crippen molar-refractivity contribution in [2.24, 2.45) is 0 Å². The molecule has 0 aliphatic rings. The Labute approximate surface area is 138 Å². The number of methoxy groups -OCH3 is 3. The minimum Gasteiger partial charge on any atom is -0.375 e. The van der Waals surface area contributed by atoms with Crippen LogP contribution in [0, 0.1) is 0 Å². The third-order valence-corrected chi connectivity index (χ3v) is 5.18. The van der Waals surface area contributed by atoms with Crippen LogP contribution in [0.2, 0.25) is 0 Å². The zero-order valence-corrected chi connectivity index (χ0v) is 15.0. The van der Waals surface area contributed by atoms with Gasteiger partial charge in [0.05, 0.1) is 0 Å². The first-order valence-corrected chi connectivity index (χ1v) is 8.69. The van der Waals surface area contributed by atoms with Crippen LogP contribution in [-0.4, -0.2) is 53.4 Å². The monoisotopic (exact) mass is 342 g/mol. The van der Waals surface area contributed by atoms with Gasteiger partial charge in [-0.15, -0.1) is 0 Å². The van der Waals surface area contributed by atoms with Gasteiger partial charge in [0.15, 0.2) is 0 Å². The van der Waals surface area contributed by atoms with Crippen LogP contribution in [0.1, 0.15) is 11.7 Å². The number of hydrogen-bond acceptors (Lipinski definition) is 5. The Hall–Kier alpha value is -0.945. The molecule has 0 amide bonds. The molecule has 0 aliphatic heterocycles. The standard InChI is InChI=1S/C15H24BO6P/c1-19-12(10-13(16)23(17,18)22-4)15(21-3)14(20-2)11-8-6-5-7-9-11/h5-10,12,14-15H,16H2,1-4H3,(H,17,18)/b13-10+/t12-,14+,15-/m1/s1. The second-order valence-electron chi connectivity index (χ2n) is 4.98. The van der Waals surface area contributed by atoms with Gasteiger partial charge < -0.3 is 23.6 Å². The van der Waals surface area contributed by atoms with Gasteiger partial charge in [0.25, 0.3) is 0 Å². The molecule has 1 N–H and O–H groups in total. The van der Waals surface area contributed by atoms with E-state index in [4.69, 9.17) is 14.2 Å². The molecule has 128 valence electrons. The summed E-state index contributed by atoms with van der Waals surface area (Å²) < 4.78 is 33.1. The van der Waals surface area contributed by atoms with Crippen molar-refractivity contribution in [1.82, 2.24) is 0 Å². The van der Waals surface area contributed by atoms with E-state index >= 15 is 0 Å². The van der Waals surface area contributed by atoms with Gasteiger partial charge in [0.2, 0.25) is 0 Å². The highest BCUT2D eigenvalue weighted by Gasteiger charge is 2.31. The molecular weight excluding hydrogens is 318 g/mol. The Balaban J connectivity index is 3.13. The van der Waals surface area contributed by atoms with E-state index in [9.17, 15) is 9.46 Å². The molecule has 1 unspecified atom stereocenters. The molecule has 0 saturated carbocycles. The minimum absolute atomic E-state index is 0.191. The zero-order valence-electron chi connectivity index (χ0n) is 14.1. The van der Waals surface area contributed by atoms with E-state index in [1.54, 1.807) is 14.2 Å². The second-order valence-corrected chi connectivity index (χ2v) is 7.09.